The molecule has 2 N–H and O–H groups in total. The third-order valence-electron chi connectivity index (χ3n) is 2.32. The van der Waals surface area contributed by atoms with E-state index in [0.717, 1.165) is 5.69 Å². The lowest BCUT2D eigenvalue weighted by molar-refractivity contribution is 0.121. The Labute approximate surface area is 110 Å². The van der Waals surface area contributed by atoms with Crippen molar-refractivity contribution in [3.05, 3.63) is 48.5 Å². The van der Waals surface area contributed by atoms with Gasteiger partial charge in [0.1, 0.15) is 11.5 Å². The number of rotatable bonds is 3. The summed E-state index contributed by atoms with van der Waals surface area (Å²) in [5, 5.41) is 12.7. The molecule has 0 heterocycles. The Balaban J connectivity index is 2.19. The van der Waals surface area contributed by atoms with Crippen LogP contribution < -0.4 is 10.1 Å². The van der Waals surface area contributed by atoms with Gasteiger partial charge in [0.15, 0.2) is 0 Å². The average molecular weight is 259 g/mol. The minimum atomic E-state index is -0.837. The Kier molecular flexibility index (Phi) is 3.87. The lowest BCUT2D eigenvalue weighted by Crippen LogP contribution is -2.07. The fraction of sp³-hybridized carbons (Fsp3) is 0.0714. The van der Waals surface area contributed by atoms with Crippen molar-refractivity contribution in [3.63, 3.8) is 0 Å². The molecule has 0 aliphatic rings. The van der Waals surface area contributed by atoms with Crippen LogP contribution in [-0.2, 0) is 4.74 Å². The molecule has 0 saturated heterocycles. The van der Waals surface area contributed by atoms with Gasteiger partial charge in [-0.25, -0.2) is 4.79 Å². The first kappa shape index (κ1) is 12.8. The maximum Gasteiger partial charge on any atom is 0.513 e. The first-order valence-corrected chi connectivity index (χ1v) is 5.59. The van der Waals surface area contributed by atoms with E-state index in [1.165, 1.54) is 19.2 Å². The van der Waals surface area contributed by atoms with E-state index < -0.39 is 6.16 Å². The van der Waals surface area contributed by atoms with Crippen LogP contribution in [-0.4, -0.2) is 18.4 Å². The molecule has 0 atom stereocenters. The highest BCUT2D eigenvalue weighted by Gasteiger charge is 2.07. The van der Waals surface area contributed by atoms with Crippen molar-refractivity contribution in [2.24, 2.45) is 0 Å². The van der Waals surface area contributed by atoms with Crippen LogP contribution in [0, 0.1) is 0 Å². The van der Waals surface area contributed by atoms with Gasteiger partial charge in [-0.3, -0.25) is 0 Å². The lowest BCUT2D eigenvalue weighted by atomic mass is 10.2. The summed E-state index contributed by atoms with van der Waals surface area (Å²) in [7, 11) is 1.22. The lowest BCUT2D eigenvalue weighted by Gasteiger charge is -2.09. The zero-order valence-electron chi connectivity index (χ0n) is 10.3. The van der Waals surface area contributed by atoms with Crippen molar-refractivity contribution in [1.29, 1.82) is 0 Å². The first-order valence-electron chi connectivity index (χ1n) is 5.59. The SMILES string of the molecule is COC(=O)Oc1cc(O)cc(Nc2ccccc2)c1. The topological polar surface area (TPSA) is 67.8 Å². The fourth-order valence-corrected chi connectivity index (χ4v) is 1.54. The van der Waals surface area contributed by atoms with E-state index in [2.05, 4.69) is 10.1 Å². The predicted molar refractivity (Wildman–Crippen MR) is 70.9 cm³/mol. The Morgan fingerprint density at radius 2 is 1.84 bits per heavy atom. The number of phenols is 1. The summed E-state index contributed by atoms with van der Waals surface area (Å²) in [6.07, 6.45) is -0.837. The van der Waals surface area contributed by atoms with Crippen molar-refractivity contribution in [2.75, 3.05) is 12.4 Å². The summed E-state index contributed by atoms with van der Waals surface area (Å²) < 4.78 is 9.25. The monoisotopic (exact) mass is 259 g/mol. The molecule has 0 unspecified atom stereocenters. The number of carbonyl (C=O) groups excluding carboxylic acids is 1. The number of hydrogen-bond donors (Lipinski definition) is 2. The molecule has 2 aromatic carbocycles. The molecule has 0 aliphatic carbocycles. The molecular formula is C14H13NO4. The van der Waals surface area contributed by atoms with Gasteiger partial charge in [0.05, 0.1) is 7.11 Å². The first-order chi connectivity index (χ1) is 9.17. The number of carbonyl (C=O) groups is 1. The van der Waals surface area contributed by atoms with Crippen LogP contribution in [0.3, 0.4) is 0 Å². The second-order valence-corrected chi connectivity index (χ2v) is 3.76. The Morgan fingerprint density at radius 3 is 2.53 bits per heavy atom. The molecule has 0 bridgehead atoms. The highest BCUT2D eigenvalue weighted by Crippen LogP contribution is 2.27. The van der Waals surface area contributed by atoms with E-state index in [0.29, 0.717) is 5.69 Å². The van der Waals surface area contributed by atoms with E-state index in [1.807, 2.05) is 30.3 Å². The predicted octanol–water partition coefficient (Wildman–Crippen LogP) is 3.28. The van der Waals surface area contributed by atoms with Gasteiger partial charge < -0.3 is 19.9 Å². The Hall–Kier alpha value is -2.69. The van der Waals surface area contributed by atoms with Crippen LogP contribution in [0.1, 0.15) is 0 Å². The maximum atomic E-state index is 11.0. The number of hydrogen-bond acceptors (Lipinski definition) is 5. The van der Waals surface area contributed by atoms with Crippen LogP contribution >= 0.6 is 0 Å². The van der Waals surface area contributed by atoms with Gasteiger partial charge in [-0.2, -0.15) is 0 Å². The van der Waals surface area contributed by atoms with Crippen LogP contribution in [0.4, 0.5) is 16.2 Å². The van der Waals surface area contributed by atoms with Gasteiger partial charge in [-0.1, -0.05) is 18.2 Å². The number of ether oxygens (including phenoxy) is 2. The molecule has 19 heavy (non-hydrogen) atoms. The Bertz CT molecular complexity index is 569. The van der Waals surface area contributed by atoms with Crippen molar-refractivity contribution in [1.82, 2.24) is 0 Å². The normalized spacial score (nSPS) is 9.74. The summed E-state index contributed by atoms with van der Waals surface area (Å²) >= 11 is 0. The van der Waals surface area contributed by atoms with Gasteiger partial charge in [0.2, 0.25) is 0 Å². The fourth-order valence-electron chi connectivity index (χ4n) is 1.54. The second kappa shape index (κ2) is 5.77. The van der Waals surface area contributed by atoms with Gasteiger partial charge in [0, 0.05) is 29.6 Å². The zero-order valence-corrected chi connectivity index (χ0v) is 10.3. The number of methoxy groups -OCH3 is 1. The molecule has 0 fully saturated rings. The number of anilines is 2. The average Bonchev–Trinajstić information content (AvgIpc) is 2.39. The minimum absolute atomic E-state index is 0.0140. The van der Waals surface area contributed by atoms with E-state index >= 15 is 0 Å². The highest BCUT2D eigenvalue weighted by molar-refractivity contribution is 5.67. The molecule has 0 radical (unpaired) electrons. The molecule has 0 aliphatic heterocycles. The van der Waals surface area contributed by atoms with Crippen LogP contribution in [0.25, 0.3) is 0 Å². The van der Waals surface area contributed by atoms with Gasteiger partial charge in [-0.15, -0.1) is 0 Å². The summed E-state index contributed by atoms with van der Waals surface area (Å²) in [5.74, 6) is 0.185. The zero-order chi connectivity index (χ0) is 13.7. The summed E-state index contributed by atoms with van der Waals surface area (Å²) in [5.41, 5.74) is 1.46. The molecular weight excluding hydrogens is 246 g/mol. The minimum Gasteiger partial charge on any atom is -0.508 e. The second-order valence-electron chi connectivity index (χ2n) is 3.76. The highest BCUT2D eigenvalue weighted by atomic mass is 16.7. The van der Waals surface area contributed by atoms with E-state index in [-0.39, 0.29) is 11.5 Å². The van der Waals surface area contributed by atoms with E-state index in [1.54, 1.807) is 6.07 Å². The van der Waals surface area contributed by atoms with Crippen LogP contribution in [0.15, 0.2) is 48.5 Å². The van der Waals surface area contributed by atoms with Crippen molar-refractivity contribution in [2.45, 2.75) is 0 Å². The standard InChI is InChI=1S/C14H13NO4/c1-18-14(17)19-13-8-11(7-12(16)9-13)15-10-5-3-2-4-6-10/h2-9,15-16H,1H3. The van der Waals surface area contributed by atoms with Crippen molar-refractivity contribution < 1.29 is 19.4 Å². The molecule has 0 saturated carbocycles. The molecule has 5 nitrogen and oxygen atoms in total. The molecule has 0 aromatic heterocycles. The van der Waals surface area contributed by atoms with Crippen molar-refractivity contribution >= 4 is 17.5 Å². The van der Waals surface area contributed by atoms with Gasteiger partial charge in [0.25, 0.3) is 0 Å². The van der Waals surface area contributed by atoms with Crippen molar-refractivity contribution in [3.8, 4) is 11.5 Å². The quantitative estimate of drug-likeness (QED) is 0.654. The van der Waals surface area contributed by atoms with Gasteiger partial charge >= 0.3 is 6.16 Å². The number of benzene rings is 2. The number of phenolic OH excluding ortho intramolecular Hbond substituents is 1. The molecule has 2 rings (SSSR count). The van der Waals surface area contributed by atoms with Crippen LogP contribution in [0.5, 0.6) is 11.5 Å². The molecule has 98 valence electrons. The van der Waals surface area contributed by atoms with Crippen LogP contribution in [0.2, 0.25) is 0 Å². The number of nitrogens with one attached hydrogen (secondary N) is 1. The number of aromatic hydroxyl groups is 1. The number of para-hydroxylation sites is 1. The maximum absolute atomic E-state index is 11.0. The third kappa shape index (κ3) is 3.64. The molecule has 2 aromatic rings. The summed E-state index contributed by atoms with van der Waals surface area (Å²) in [6.45, 7) is 0. The largest absolute Gasteiger partial charge is 0.513 e. The molecule has 0 spiro atoms. The van der Waals surface area contributed by atoms with E-state index in [4.69, 9.17) is 4.74 Å². The third-order valence-corrected chi connectivity index (χ3v) is 2.32. The van der Waals surface area contributed by atoms with Gasteiger partial charge in [-0.05, 0) is 12.1 Å². The smallest absolute Gasteiger partial charge is 0.508 e. The molecule has 0 amide bonds. The molecule has 5 heteroatoms. The summed E-state index contributed by atoms with van der Waals surface area (Å²) in [6, 6.07) is 13.9. The Morgan fingerprint density at radius 1 is 1.11 bits per heavy atom. The van der Waals surface area contributed by atoms with E-state index in [9.17, 15) is 9.90 Å². The summed E-state index contributed by atoms with van der Waals surface area (Å²) in [4.78, 5) is 11.0.